The number of hydrogen-bond acceptors (Lipinski definition) is 3. The summed E-state index contributed by atoms with van der Waals surface area (Å²) in [5.74, 6) is 0.404. The quantitative estimate of drug-likeness (QED) is 0.669. The van der Waals surface area contributed by atoms with Crippen molar-refractivity contribution in [1.82, 2.24) is 4.98 Å². The number of carbonyl (C=O) groups excluding carboxylic acids is 1. The Balaban J connectivity index is 3.10. The Kier molecular flexibility index (Phi) is 3.74. The average Bonchev–Trinajstić information content (AvgIpc) is 2.08. The Morgan fingerprint density at radius 1 is 1.69 bits per heavy atom. The van der Waals surface area contributed by atoms with Gasteiger partial charge in [0.2, 0.25) is 0 Å². The van der Waals surface area contributed by atoms with Crippen LogP contribution in [0.5, 0.6) is 0 Å². The molecule has 0 bridgehead atoms. The summed E-state index contributed by atoms with van der Waals surface area (Å²) in [4.78, 5) is 15.8. The van der Waals surface area contributed by atoms with Crippen LogP contribution in [0.25, 0.3) is 0 Å². The van der Waals surface area contributed by atoms with E-state index >= 15 is 0 Å². The van der Waals surface area contributed by atoms with Crippen molar-refractivity contribution in [2.75, 3.05) is 5.75 Å². The number of pyridine rings is 1. The lowest BCUT2D eigenvalue weighted by Crippen LogP contribution is -2.14. The van der Waals surface area contributed by atoms with E-state index < -0.39 is 5.91 Å². The molecular weight excluding hydrogens is 252 g/mol. The number of carbonyl (C=O) groups is 1. The molecule has 3 nitrogen and oxygen atoms in total. The van der Waals surface area contributed by atoms with Gasteiger partial charge in [-0.2, -0.15) is 0 Å². The lowest BCUT2D eigenvalue weighted by molar-refractivity contribution is 0.0992. The number of nitrogens with two attached hydrogens (primary N) is 1. The first kappa shape index (κ1) is 10.5. The van der Waals surface area contributed by atoms with Crippen LogP contribution in [0.3, 0.4) is 0 Å². The highest BCUT2D eigenvalue weighted by Crippen LogP contribution is 2.22. The third-order valence-electron chi connectivity index (χ3n) is 1.36. The molecule has 0 aromatic carbocycles. The van der Waals surface area contributed by atoms with Crippen LogP contribution in [0.4, 0.5) is 0 Å². The number of amides is 1. The van der Waals surface area contributed by atoms with Gasteiger partial charge >= 0.3 is 0 Å². The van der Waals surface area contributed by atoms with Crippen molar-refractivity contribution in [2.45, 2.75) is 11.8 Å². The molecule has 0 atom stereocenters. The van der Waals surface area contributed by atoms with Crippen molar-refractivity contribution in [2.24, 2.45) is 5.73 Å². The Morgan fingerprint density at radius 2 is 2.38 bits per heavy atom. The average molecular weight is 261 g/mol. The highest BCUT2D eigenvalue weighted by molar-refractivity contribution is 9.10. The first-order valence-electron chi connectivity index (χ1n) is 3.74. The van der Waals surface area contributed by atoms with E-state index in [-0.39, 0.29) is 0 Å². The molecule has 0 radical (unpaired) electrons. The third-order valence-corrected chi connectivity index (χ3v) is 2.73. The Bertz CT molecular complexity index is 330. The van der Waals surface area contributed by atoms with Gasteiger partial charge < -0.3 is 5.73 Å². The lowest BCUT2D eigenvalue weighted by atomic mass is 10.3. The van der Waals surface area contributed by atoms with E-state index in [2.05, 4.69) is 20.9 Å². The second-order valence-corrected chi connectivity index (χ2v) is 4.40. The number of hydrogen-bond donors (Lipinski definition) is 1. The number of halogens is 1. The molecule has 1 amide bonds. The summed E-state index contributed by atoms with van der Waals surface area (Å²) < 4.78 is 0.627. The zero-order valence-electron chi connectivity index (χ0n) is 7.08. The molecule has 0 saturated carbocycles. The molecule has 0 fully saturated rings. The standard InChI is InChI=1S/C8H9BrN2OS/c1-2-13-5-3-4-6(9)11-7(5)8(10)12/h3-4H,2H2,1H3,(H2,10,12). The summed E-state index contributed by atoms with van der Waals surface area (Å²) in [5, 5.41) is 0. The lowest BCUT2D eigenvalue weighted by Gasteiger charge is -2.03. The molecule has 70 valence electrons. The second kappa shape index (κ2) is 4.62. The molecule has 1 aromatic heterocycles. The minimum Gasteiger partial charge on any atom is -0.364 e. The van der Waals surface area contributed by atoms with Gasteiger partial charge in [-0.1, -0.05) is 6.92 Å². The van der Waals surface area contributed by atoms with Gasteiger partial charge in [-0.25, -0.2) is 4.98 Å². The monoisotopic (exact) mass is 260 g/mol. The number of primary amides is 1. The van der Waals surface area contributed by atoms with Crippen molar-refractivity contribution >= 4 is 33.6 Å². The zero-order valence-corrected chi connectivity index (χ0v) is 9.48. The van der Waals surface area contributed by atoms with Gasteiger partial charge in [0, 0.05) is 4.90 Å². The van der Waals surface area contributed by atoms with Crippen molar-refractivity contribution in [1.29, 1.82) is 0 Å². The molecule has 1 heterocycles. The molecule has 1 aromatic rings. The predicted molar refractivity (Wildman–Crippen MR) is 56.9 cm³/mol. The number of thioether (sulfide) groups is 1. The molecule has 0 unspecified atom stereocenters. The summed E-state index contributed by atoms with van der Waals surface area (Å²) in [6.07, 6.45) is 0. The molecule has 1 rings (SSSR count). The van der Waals surface area contributed by atoms with Crippen LogP contribution < -0.4 is 5.73 Å². The van der Waals surface area contributed by atoms with Crippen LogP contribution in [0.1, 0.15) is 17.4 Å². The maximum absolute atomic E-state index is 11.0. The normalized spacial score (nSPS) is 10.0. The van der Waals surface area contributed by atoms with E-state index in [1.54, 1.807) is 17.8 Å². The van der Waals surface area contributed by atoms with Gasteiger partial charge in [0.05, 0.1) is 0 Å². The maximum Gasteiger partial charge on any atom is 0.268 e. The first-order chi connectivity index (χ1) is 6.15. The van der Waals surface area contributed by atoms with E-state index in [0.717, 1.165) is 10.6 Å². The minimum atomic E-state index is -0.489. The molecule has 2 N–H and O–H groups in total. The summed E-state index contributed by atoms with van der Waals surface area (Å²) in [6, 6.07) is 3.63. The van der Waals surface area contributed by atoms with Crippen molar-refractivity contribution in [3.63, 3.8) is 0 Å². The minimum absolute atomic E-state index is 0.334. The fourth-order valence-corrected chi connectivity index (χ4v) is 1.94. The summed E-state index contributed by atoms with van der Waals surface area (Å²) in [5.41, 5.74) is 5.51. The zero-order chi connectivity index (χ0) is 9.84. The largest absolute Gasteiger partial charge is 0.364 e. The molecule has 0 aliphatic carbocycles. The van der Waals surface area contributed by atoms with Gasteiger partial charge in [-0.15, -0.1) is 11.8 Å². The van der Waals surface area contributed by atoms with Crippen LogP contribution >= 0.6 is 27.7 Å². The molecule has 0 aliphatic heterocycles. The Morgan fingerprint density at radius 3 is 2.92 bits per heavy atom. The summed E-state index contributed by atoms with van der Waals surface area (Å²) >= 11 is 4.74. The van der Waals surface area contributed by atoms with E-state index in [1.165, 1.54) is 0 Å². The van der Waals surface area contributed by atoms with Crippen molar-refractivity contribution in [3.05, 3.63) is 22.4 Å². The van der Waals surface area contributed by atoms with Crippen LogP contribution in [-0.4, -0.2) is 16.6 Å². The van der Waals surface area contributed by atoms with Gasteiger partial charge in [0.15, 0.2) is 0 Å². The highest BCUT2D eigenvalue weighted by Gasteiger charge is 2.09. The van der Waals surface area contributed by atoms with Crippen LogP contribution in [0.15, 0.2) is 21.6 Å². The number of nitrogens with zero attached hydrogens (tertiary/aromatic N) is 1. The molecule has 5 heteroatoms. The van der Waals surface area contributed by atoms with E-state index in [9.17, 15) is 4.79 Å². The number of aromatic nitrogens is 1. The molecule has 0 aliphatic rings. The third kappa shape index (κ3) is 2.70. The van der Waals surface area contributed by atoms with Crippen LogP contribution in [0, 0.1) is 0 Å². The molecule has 0 saturated heterocycles. The fraction of sp³-hybridized carbons (Fsp3) is 0.250. The summed E-state index contributed by atoms with van der Waals surface area (Å²) in [6.45, 7) is 2.01. The van der Waals surface area contributed by atoms with E-state index in [4.69, 9.17) is 5.73 Å². The maximum atomic E-state index is 11.0. The molecular formula is C8H9BrN2OS. The fourth-order valence-electron chi connectivity index (χ4n) is 0.871. The van der Waals surface area contributed by atoms with Crippen LogP contribution in [0.2, 0.25) is 0 Å². The number of rotatable bonds is 3. The second-order valence-electron chi connectivity index (χ2n) is 2.28. The van der Waals surface area contributed by atoms with E-state index in [1.807, 2.05) is 13.0 Å². The van der Waals surface area contributed by atoms with Crippen molar-refractivity contribution < 1.29 is 4.79 Å². The first-order valence-corrected chi connectivity index (χ1v) is 5.52. The smallest absolute Gasteiger partial charge is 0.268 e. The molecule has 0 spiro atoms. The van der Waals surface area contributed by atoms with Gasteiger partial charge in [-0.3, -0.25) is 4.79 Å². The highest BCUT2D eigenvalue weighted by atomic mass is 79.9. The Labute approximate surface area is 89.2 Å². The van der Waals surface area contributed by atoms with E-state index in [0.29, 0.717) is 10.3 Å². The topological polar surface area (TPSA) is 56.0 Å². The van der Waals surface area contributed by atoms with Gasteiger partial charge in [0.1, 0.15) is 10.3 Å². The SMILES string of the molecule is CCSc1ccc(Br)nc1C(N)=O. The summed E-state index contributed by atoms with van der Waals surface area (Å²) in [7, 11) is 0. The van der Waals surface area contributed by atoms with Gasteiger partial charge in [-0.05, 0) is 33.8 Å². The van der Waals surface area contributed by atoms with Crippen molar-refractivity contribution in [3.8, 4) is 0 Å². The van der Waals surface area contributed by atoms with Gasteiger partial charge in [0.25, 0.3) is 5.91 Å². The molecule has 13 heavy (non-hydrogen) atoms. The van der Waals surface area contributed by atoms with Crippen LogP contribution in [-0.2, 0) is 0 Å². The predicted octanol–water partition coefficient (Wildman–Crippen LogP) is 2.06. The Hall–Kier alpha value is -0.550.